The number of fused-ring (bicyclic) bond motifs is 2. The molecule has 0 spiro atoms. The van der Waals surface area contributed by atoms with Crippen LogP contribution in [0.3, 0.4) is 0 Å². The van der Waals surface area contributed by atoms with E-state index in [9.17, 15) is 19.9 Å². The number of hydroxylamine groups is 3. The summed E-state index contributed by atoms with van der Waals surface area (Å²) in [6.45, 7) is -1.14. The van der Waals surface area contributed by atoms with E-state index in [0.29, 0.717) is 11.5 Å². The van der Waals surface area contributed by atoms with Crippen LogP contribution in [0.25, 0.3) is 11.2 Å². The number of hydrogen-bond acceptors (Lipinski definition) is 14. The number of aliphatic hydroxyl groups excluding tert-OH is 1. The second kappa shape index (κ2) is 15.0. The van der Waals surface area contributed by atoms with Crippen LogP contribution in [0.2, 0.25) is 0 Å². The Balaban J connectivity index is 1.14. The van der Waals surface area contributed by atoms with Crippen LogP contribution in [0, 0.1) is 5.21 Å². The number of rotatable bonds is 13. The van der Waals surface area contributed by atoms with Crippen molar-refractivity contribution in [3.63, 3.8) is 0 Å². The molecule has 292 valence electrons. The number of ether oxygens (including phenoxy) is 5. The highest BCUT2D eigenvalue weighted by Gasteiger charge is 2.50. The highest BCUT2D eigenvalue weighted by molar-refractivity contribution is 6.14. The van der Waals surface area contributed by atoms with Gasteiger partial charge in [0.05, 0.1) is 44.9 Å². The zero-order valence-electron chi connectivity index (χ0n) is 30.9. The number of benzene rings is 4. The molecule has 4 heterocycles. The maximum atomic E-state index is 13.8. The fourth-order valence-electron chi connectivity index (χ4n) is 7.54. The van der Waals surface area contributed by atoms with Crippen molar-refractivity contribution in [2.24, 2.45) is 0 Å². The van der Waals surface area contributed by atoms with Gasteiger partial charge in [0.15, 0.2) is 17.7 Å². The summed E-state index contributed by atoms with van der Waals surface area (Å²) in [5.74, 6) is -0.566. The van der Waals surface area contributed by atoms with Gasteiger partial charge in [0.2, 0.25) is 5.95 Å². The highest BCUT2D eigenvalue weighted by Crippen LogP contribution is 2.43. The van der Waals surface area contributed by atoms with E-state index in [1.807, 2.05) is 78.9 Å². The average molecular weight is 774 g/mol. The van der Waals surface area contributed by atoms with Crippen LogP contribution in [0.1, 0.15) is 43.6 Å². The van der Waals surface area contributed by atoms with Crippen molar-refractivity contribution in [1.82, 2.24) is 19.5 Å². The van der Waals surface area contributed by atoms with E-state index in [4.69, 9.17) is 35.2 Å². The maximum Gasteiger partial charge on any atom is 0.354 e. The standard InChI is InChI=1S/C41H39N7O9/c1-53-27-16-12-25(13-17-27)41(24-8-4-3-5-9-24,26-14-18-28(54-2)19-15-26)56-22-31-33(49)34(37(57-31)47-23-44-32-35(42)45-40(43)46-36(32)47)55-21-20-48(52)38(50)29-10-6-7-11-30(29)39(48)51/h3-19,23,31,33-34,37,49H,20-22H2,1-2H3,(H4,42,43,45,46)/t31-,33-,34-,37-/m1/s1. The van der Waals surface area contributed by atoms with Crippen LogP contribution < -0.4 is 20.9 Å². The number of carbonyl (C=O) groups is 2. The lowest BCUT2D eigenvalue weighted by atomic mass is 9.80. The number of nitrogens with two attached hydrogens (primary N) is 2. The molecule has 8 rings (SSSR count). The summed E-state index contributed by atoms with van der Waals surface area (Å²) in [5, 5.41) is 25.8. The van der Waals surface area contributed by atoms with E-state index in [2.05, 4.69) is 15.0 Å². The number of nitrogens with zero attached hydrogens (tertiary/aromatic N) is 5. The molecule has 1 saturated heterocycles. The number of imidazole rings is 1. The number of amides is 2. The van der Waals surface area contributed by atoms with Gasteiger partial charge in [0, 0.05) is 0 Å². The predicted octanol–water partition coefficient (Wildman–Crippen LogP) is 3.97. The molecule has 16 nitrogen and oxygen atoms in total. The van der Waals surface area contributed by atoms with Crippen LogP contribution in [0.5, 0.6) is 11.5 Å². The number of methoxy groups -OCH3 is 2. The lowest BCUT2D eigenvalue weighted by Crippen LogP contribution is -2.50. The lowest BCUT2D eigenvalue weighted by Gasteiger charge is -2.37. The first-order chi connectivity index (χ1) is 27.6. The molecular formula is C41H39N7O9. The third-order valence-corrected chi connectivity index (χ3v) is 10.5. The van der Waals surface area contributed by atoms with E-state index in [-0.39, 0.29) is 40.7 Å². The van der Waals surface area contributed by atoms with Crippen LogP contribution in [0.4, 0.5) is 11.8 Å². The van der Waals surface area contributed by atoms with Gasteiger partial charge in [-0.25, -0.2) is 19.2 Å². The van der Waals surface area contributed by atoms with Crippen molar-refractivity contribution in [1.29, 1.82) is 0 Å². The van der Waals surface area contributed by atoms with Crippen molar-refractivity contribution in [2.45, 2.75) is 30.1 Å². The quantitative estimate of drug-likeness (QED) is 0.0655. The van der Waals surface area contributed by atoms with Crippen molar-refractivity contribution >= 4 is 34.7 Å². The number of aliphatic hydroxyl groups is 1. The maximum absolute atomic E-state index is 13.8. The minimum Gasteiger partial charge on any atom is -0.617 e. The number of anilines is 2. The third kappa shape index (κ3) is 6.43. The van der Waals surface area contributed by atoms with E-state index in [1.165, 1.54) is 23.0 Å². The number of hydrogen-bond donors (Lipinski definition) is 3. The van der Waals surface area contributed by atoms with Gasteiger partial charge in [-0.15, -0.1) is 0 Å². The molecule has 0 unspecified atom stereocenters. The van der Waals surface area contributed by atoms with E-state index >= 15 is 0 Å². The zero-order valence-corrected chi connectivity index (χ0v) is 30.9. The normalized spacial score (nSPS) is 20.2. The fraction of sp³-hybridized carbons (Fsp3) is 0.244. The monoisotopic (exact) mass is 773 g/mol. The molecule has 2 aromatic heterocycles. The summed E-state index contributed by atoms with van der Waals surface area (Å²) < 4.78 is 30.5. The predicted molar refractivity (Wildman–Crippen MR) is 206 cm³/mol. The van der Waals surface area contributed by atoms with E-state index in [0.717, 1.165) is 16.7 Å². The second-order valence-electron chi connectivity index (χ2n) is 13.6. The molecular weight excluding hydrogens is 734 g/mol. The summed E-state index contributed by atoms with van der Waals surface area (Å²) in [6.07, 6.45) is -3.35. The first kappa shape index (κ1) is 37.6. The van der Waals surface area contributed by atoms with Gasteiger partial charge in [-0.05, 0) is 53.1 Å². The topological polar surface area (TPSA) is 219 Å². The van der Waals surface area contributed by atoms with Gasteiger partial charge in [-0.1, -0.05) is 66.7 Å². The molecule has 0 aliphatic carbocycles. The molecule has 0 radical (unpaired) electrons. The molecule has 2 amide bonds. The Morgan fingerprint density at radius 1 is 0.825 bits per heavy atom. The SMILES string of the molecule is COc1ccc(C(OC[C@H]2O[C@@H](n3cnc4c(N)nc(N)nc43)[C@H](OCC[N+]3([O-])C(=O)c4ccccc4C3=O)[C@@H]2O)(c2ccccc2)c2ccc(OC)cc2)cc1. The van der Waals surface area contributed by atoms with Gasteiger partial charge < -0.3 is 45.5 Å². The van der Waals surface area contributed by atoms with Gasteiger partial charge in [0.25, 0.3) is 0 Å². The van der Waals surface area contributed by atoms with Crippen molar-refractivity contribution in [2.75, 3.05) is 45.4 Å². The first-order valence-electron chi connectivity index (χ1n) is 18.1. The molecule has 1 fully saturated rings. The molecule has 4 aromatic carbocycles. The van der Waals surface area contributed by atoms with E-state index in [1.54, 1.807) is 26.4 Å². The Morgan fingerprint density at radius 2 is 1.39 bits per heavy atom. The number of carbonyl (C=O) groups excluding carboxylic acids is 2. The molecule has 4 atom stereocenters. The van der Waals surface area contributed by atoms with Crippen molar-refractivity contribution in [3.05, 3.63) is 142 Å². The first-order valence-corrected chi connectivity index (χ1v) is 18.1. The Morgan fingerprint density at radius 3 is 1.96 bits per heavy atom. The van der Waals surface area contributed by atoms with Gasteiger partial charge in [-0.2, -0.15) is 9.97 Å². The Labute approximate surface area is 326 Å². The largest absolute Gasteiger partial charge is 0.617 e. The number of aromatic nitrogens is 4. The molecule has 5 N–H and O–H groups in total. The molecule has 57 heavy (non-hydrogen) atoms. The summed E-state index contributed by atoms with van der Waals surface area (Å²) in [5.41, 5.74) is 13.7. The molecule has 0 saturated carbocycles. The van der Waals surface area contributed by atoms with Gasteiger partial charge in [0.1, 0.15) is 47.5 Å². The molecule has 0 bridgehead atoms. The van der Waals surface area contributed by atoms with Crippen molar-refractivity contribution < 1.29 is 43.0 Å². The molecule has 16 heteroatoms. The van der Waals surface area contributed by atoms with Crippen LogP contribution in [-0.4, -0.2) is 93.4 Å². The third-order valence-electron chi connectivity index (χ3n) is 10.5. The Kier molecular flexibility index (Phi) is 9.91. The zero-order chi connectivity index (χ0) is 39.9. The number of nitrogen functional groups attached to an aromatic ring is 2. The second-order valence-corrected chi connectivity index (χ2v) is 13.6. The number of imide groups is 1. The fourth-order valence-corrected chi connectivity index (χ4v) is 7.54. The van der Waals surface area contributed by atoms with Crippen LogP contribution in [0.15, 0.2) is 109 Å². The Hall–Kier alpha value is -6.27. The average Bonchev–Trinajstić information content (AvgIpc) is 3.86. The Bertz CT molecular complexity index is 2340. The van der Waals surface area contributed by atoms with Gasteiger partial charge >= 0.3 is 11.8 Å². The van der Waals surface area contributed by atoms with Crippen LogP contribution in [-0.2, 0) is 19.8 Å². The highest BCUT2D eigenvalue weighted by atomic mass is 16.6. The van der Waals surface area contributed by atoms with Crippen LogP contribution >= 0.6 is 0 Å². The number of quaternary nitrogens is 1. The van der Waals surface area contributed by atoms with E-state index < -0.39 is 59.8 Å². The minimum absolute atomic E-state index is 0.0298. The summed E-state index contributed by atoms with van der Waals surface area (Å²) in [6, 6.07) is 30.6. The smallest absolute Gasteiger partial charge is 0.354 e. The molecule has 6 aromatic rings. The molecule has 2 aliphatic rings. The summed E-state index contributed by atoms with van der Waals surface area (Å²) in [4.78, 5) is 39.0. The van der Waals surface area contributed by atoms with Crippen molar-refractivity contribution in [3.8, 4) is 11.5 Å². The van der Waals surface area contributed by atoms with Gasteiger partial charge in [-0.3, -0.25) is 4.57 Å². The summed E-state index contributed by atoms with van der Waals surface area (Å²) in [7, 11) is 3.17. The molecule has 2 aliphatic heterocycles. The summed E-state index contributed by atoms with van der Waals surface area (Å²) >= 11 is 0. The lowest BCUT2D eigenvalue weighted by molar-refractivity contribution is -0.709. The minimum atomic E-state index is -1.77.